The molecule has 20 heavy (non-hydrogen) atoms. The van der Waals surface area contributed by atoms with Crippen molar-refractivity contribution >= 4 is 29.1 Å². The lowest BCUT2D eigenvalue weighted by atomic mass is 10.3. The summed E-state index contributed by atoms with van der Waals surface area (Å²) in [6.45, 7) is 0. The van der Waals surface area contributed by atoms with Crippen molar-refractivity contribution in [1.82, 2.24) is 0 Å². The van der Waals surface area contributed by atoms with Crippen LogP contribution in [0.2, 0.25) is 5.02 Å². The van der Waals surface area contributed by atoms with E-state index in [0.29, 0.717) is 10.7 Å². The number of nitrogens with zero attached hydrogens (tertiary/aromatic N) is 1. The second-order valence-corrected chi connectivity index (χ2v) is 4.15. The number of halogens is 1. The Morgan fingerprint density at radius 3 is 2.40 bits per heavy atom. The first-order chi connectivity index (χ1) is 9.56. The normalized spacial score (nSPS) is 9.85. The lowest BCUT2D eigenvalue weighted by Gasteiger charge is -2.07. The Labute approximate surface area is 119 Å². The minimum absolute atomic E-state index is 0.0798. The molecule has 0 heterocycles. The summed E-state index contributed by atoms with van der Waals surface area (Å²) < 4.78 is 4.98. The molecule has 2 aromatic rings. The molecule has 0 bridgehead atoms. The van der Waals surface area contributed by atoms with Crippen LogP contribution >= 0.6 is 11.6 Å². The Hall–Kier alpha value is -2.60. The van der Waals surface area contributed by atoms with Gasteiger partial charge >= 0.3 is 6.09 Å². The molecular weight excluding hydrogens is 284 g/mol. The SMILES string of the molecule is O=C(Nc1ccccc1Cl)Oc1ccc([N+](=O)[O-])cc1. The number of carbonyl (C=O) groups is 1. The van der Waals surface area contributed by atoms with Crippen molar-refractivity contribution in [2.24, 2.45) is 0 Å². The number of anilines is 1. The summed E-state index contributed by atoms with van der Waals surface area (Å²) in [5.74, 6) is 0.195. The Bertz CT molecular complexity index is 643. The molecule has 0 radical (unpaired) electrons. The summed E-state index contributed by atoms with van der Waals surface area (Å²) in [6.07, 6.45) is -0.730. The fraction of sp³-hybridized carbons (Fsp3) is 0. The van der Waals surface area contributed by atoms with Gasteiger partial charge in [-0.15, -0.1) is 0 Å². The van der Waals surface area contributed by atoms with Gasteiger partial charge in [-0.25, -0.2) is 4.79 Å². The van der Waals surface area contributed by atoms with Gasteiger partial charge in [-0.05, 0) is 24.3 Å². The zero-order valence-electron chi connectivity index (χ0n) is 10.1. The number of ether oxygens (including phenoxy) is 1. The lowest BCUT2D eigenvalue weighted by molar-refractivity contribution is -0.384. The fourth-order valence-corrected chi connectivity index (χ4v) is 1.62. The second kappa shape index (κ2) is 6.03. The van der Waals surface area contributed by atoms with E-state index in [4.69, 9.17) is 16.3 Å². The van der Waals surface area contributed by atoms with Crippen LogP contribution in [0.1, 0.15) is 0 Å². The van der Waals surface area contributed by atoms with E-state index in [1.807, 2.05) is 0 Å². The van der Waals surface area contributed by atoms with Gasteiger partial charge in [0, 0.05) is 12.1 Å². The smallest absolute Gasteiger partial charge is 0.410 e. The number of hydrogen-bond donors (Lipinski definition) is 1. The molecule has 0 aromatic heterocycles. The van der Waals surface area contributed by atoms with Crippen LogP contribution in [-0.4, -0.2) is 11.0 Å². The number of para-hydroxylation sites is 1. The van der Waals surface area contributed by atoms with Crippen molar-refractivity contribution in [1.29, 1.82) is 0 Å². The highest BCUT2D eigenvalue weighted by molar-refractivity contribution is 6.33. The first-order valence-electron chi connectivity index (χ1n) is 5.54. The molecule has 0 aliphatic rings. The Balaban J connectivity index is 2.01. The molecule has 6 nitrogen and oxygen atoms in total. The molecule has 0 aliphatic carbocycles. The number of nitro benzene ring substituents is 1. The van der Waals surface area contributed by atoms with Crippen LogP contribution in [0.25, 0.3) is 0 Å². The number of benzene rings is 2. The van der Waals surface area contributed by atoms with Gasteiger partial charge < -0.3 is 4.74 Å². The number of amides is 1. The summed E-state index contributed by atoms with van der Waals surface area (Å²) in [5, 5.41) is 13.3. The van der Waals surface area contributed by atoms with E-state index in [0.717, 1.165) is 0 Å². The van der Waals surface area contributed by atoms with Gasteiger partial charge in [0.25, 0.3) is 5.69 Å². The molecule has 1 N–H and O–H groups in total. The maximum atomic E-state index is 11.6. The van der Waals surface area contributed by atoms with Crippen molar-refractivity contribution in [3.05, 3.63) is 63.7 Å². The number of carbonyl (C=O) groups excluding carboxylic acids is 1. The summed E-state index contributed by atoms with van der Waals surface area (Å²) in [4.78, 5) is 21.6. The van der Waals surface area contributed by atoms with Crippen LogP contribution in [-0.2, 0) is 0 Å². The molecule has 2 aromatic carbocycles. The van der Waals surface area contributed by atoms with E-state index in [1.54, 1.807) is 24.3 Å². The zero-order chi connectivity index (χ0) is 14.5. The topological polar surface area (TPSA) is 81.5 Å². The quantitative estimate of drug-likeness (QED) is 0.688. The minimum Gasteiger partial charge on any atom is -0.410 e. The maximum absolute atomic E-state index is 11.6. The van der Waals surface area contributed by atoms with Crippen molar-refractivity contribution in [3.63, 3.8) is 0 Å². The summed E-state index contributed by atoms with van der Waals surface area (Å²) >= 11 is 5.88. The van der Waals surface area contributed by atoms with E-state index < -0.39 is 11.0 Å². The Kier molecular flexibility index (Phi) is 4.17. The number of nitro groups is 1. The van der Waals surface area contributed by atoms with Gasteiger partial charge in [0.1, 0.15) is 5.75 Å². The van der Waals surface area contributed by atoms with Crippen LogP contribution < -0.4 is 10.1 Å². The van der Waals surface area contributed by atoms with Gasteiger partial charge in [-0.2, -0.15) is 0 Å². The van der Waals surface area contributed by atoms with Crippen molar-refractivity contribution in [3.8, 4) is 5.75 Å². The van der Waals surface area contributed by atoms with Crippen LogP contribution in [0.4, 0.5) is 16.2 Å². The summed E-state index contributed by atoms with van der Waals surface area (Å²) in [7, 11) is 0. The number of hydrogen-bond acceptors (Lipinski definition) is 4. The van der Waals surface area contributed by atoms with Crippen LogP contribution in [0.3, 0.4) is 0 Å². The van der Waals surface area contributed by atoms with E-state index in [1.165, 1.54) is 24.3 Å². The van der Waals surface area contributed by atoms with Gasteiger partial charge in [0.2, 0.25) is 0 Å². The first kappa shape index (κ1) is 13.8. The summed E-state index contributed by atoms with van der Waals surface area (Å²) in [6, 6.07) is 11.9. The number of non-ortho nitro benzene ring substituents is 1. The third-order valence-electron chi connectivity index (χ3n) is 2.37. The monoisotopic (exact) mass is 292 g/mol. The molecule has 0 saturated carbocycles. The van der Waals surface area contributed by atoms with Gasteiger partial charge in [-0.1, -0.05) is 23.7 Å². The highest BCUT2D eigenvalue weighted by Crippen LogP contribution is 2.22. The average molecular weight is 293 g/mol. The molecule has 2 rings (SSSR count). The van der Waals surface area contributed by atoms with E-state index in [9.17, 15) is 14.9 Å². The van der Waals surface area contributed by atoms with Crippen LogP contribution in [0.5, 0.6) is 5.75 Å². The zero-order valence-corrected chi connectivity index (χ0v) is 10.8. The summed E-state index contributed by atoms with van der Waals surface area (Å²) in [5.41, 5.74) is 0.338. The fourth-order valence-electron chi connectivity index (χ4n) is 1.44. The predicted molar refractivity (Wildman–Crippen MR) is 74.2 cm³/mol. The van der Waals surface area contributed by atoms with Crippen LogP contribution in [0, 0.1) is 10.1 Å². The van der Waals surface area contributed by atoms with E-state index in [-0.39, 0.29) is 11.4 Å². The lowest BCUT2D eigenvalue weighted by Crippen LogP contribution is -2.16. The Morgan fingerprint density at radius 2 is 1.80 bits per heavy atom. The molecule has 7 heteroatoms. The third-order valence-corrected chi connectivity index (χ3v) is 2.70. The molecule has 102 valence electrons. The predicted octanol–water partition coefficient (Wildman–Crippen LogP) is 3.86. The number of rotatable bonds is 3. The van der Waals surface area contributed by atoms with Crippen molar-refractivity contribution < 1.29 is 14.5 Å². The molecule has 0 unspecified atom stereocenters. The van der Waals surface area contributed by atoms with Gasteiger partial charge in [-0.3, -0.25) is 15.4 Å². The van der Waals surface area contributed by atoms with Crippen LogP contribution in [0.15, 0.2) is 48.5 Å². The molecule has 0 aliphatic heterocycles. The van der Waals surface area contributed by atoms with Gasteiger partial charge in [0.05, 0.1) is 15.6 Å². The Morgan fingerprint density at radius 1 is 1.15 bits per heavy atom. The average Bonchev–Trinajstić information content (AvgIpc) is 2.42. The molecule has 0 atom stereocenters. The second-order valence-electron chi connectivity index (χ2n) is 3.75. The molecule has 0 fully saturated rings. The number of nitrogens with one attached hydrogen (secondary N) is 1. The molecule has 1 amide bonds. The maximum Gasteiger partial charge on any atom is 0.417 e. The van der Waals surface area contributed by atoms with E-state index >= 15 is 0 Å². The molecule has 0 saturated heterocycles. The highest BCUT2D eigenvalue weighted by Gasteiger charge is 2.09. The standard InChI is InChI=1S/C13H9ClN2O4/c14-11-3-1-2-4-12(11)15-13(17)20-10-7-5-9(6-8-10)16(18)19/h1-8H,(H,15,17). The highest BCUT2D eigenvalue weighted by atomic mass is 35.5. The molecule has 0 spiro atoms. The molecular formula is C13H9ClN2O4. The first-order valence-corrected chi connectivity index (χ1v) is 5.92. The largest absolute Gasteiger partial charge is 0.417 e. The van der Waals surface area contributed by atoms with Crippen molar-refractivity contribution in [2.45, 2.75) is 0 Å². The van der Waals surface area contributed by atoms with Crippen molar-refractivity contribution in [2.75, 3.05) is 5.32 Å². The third kappa shape index (κ3) is 3.46. The minimum atomic E-state index is -0.730. The van der Waals surface area contributed by atoms with Gasteiger partial charge in [0.15, 0.2) is 0 Å². The van der Waals surface area contributed by atoms with E-state index in [2.05, 4.69) is 5.32 Å².